The summed E-state index contributed by atoms with van der Waals surface area (Å²) in [5.74, 6) is -2.02. The molecule has 0 saturated heterocycles. The number of carboxylic acid groups (broad SMARTS) is 1. The van der Waals surface area contributed by atoms with Crippen LogP contribution < -0.4 is 21.7 Å². The molecule has 0 aliphatic carbocycles. The molecule has 0 heterocycles. The third-order valence-corrected chi connectivity index (χ3v) is 4.86. The molecule has 4 atom stereocenters. The molecule has 0 aliphatic heterocycles. The molecule has 0 fully saturated rings. The number of thiol groups is 1. The predicted octanol–water partition coefficient (Wildman–Crippen LogP) is -0.398. The standard InChI is InChI=1S/C17H32N4O5S2/c1-9(2)7-12(15(23)19-10(3)17(25)26)20-16(24)13(8-27)21-14(22)11(18)5-6-28-4/h9-13,27H,5-8,18H2,1-4H3,(H,19,23)(H,20,24)(H,21,22)(H,25,26)/t10-,11-,12-,13-/m0/s1. The summed E-state index contributed by atoms with van der Waals surface area (Å²) in [6, 6.07) is -3.73. The van der Waals surface area contributed by atoms with Crippen LogP contribution in [0, 0.1) is 5.92 Å². The minimum absolute atomic E-state index is 0.0222. The Morgan fingerprint density at radius 2 is 1.54 bits per heavy atom. The van der Waals surface area contributed by atoms with Crippen LogP contribution in [-0.2, 0) is 19.2 Å². The normalized spacial score (nSPS) is 15.2. The van der Waals surface area contributed by atoms with Crippen LogP contribution in [0.4, 0.5) is 0 Å². The van der Waals surface area contributed by atoms with Crippen molar-refractivity contribution in [1.29, 1.82) is 0 Å². The number of rotatable bonds is 13. The van der Waals surface area contributed by atoms with Crippen LogP contribution in [0.3, 0.4) is 0 Å². The third kappa shape index (κ3) is 10.2. The molecule has 9 nitrogen and oxygen atoms in total. The number of hydrogen-bond donors (Lipinski definition) is 6. The summed E-state index contributed by atoms with van der Waals surface area (Å²) >= 11 is 5.66. The van der Waals surface area contributed by atoms with Crippen LogP contribution in [0.5, 0.6) is 0 Å². The number of thioether (sulfide) groups is 1. The molecule has 0 aromatic heterocycles. The smallest absolute Gasteiger partial charge is 0.325 e. The van der Waals surface area contributed by atoms with Gasteiger partial charge in [0.15, 0.2) is 0 Å². The zero-order valence-corrected chi connectivity index (χ0v) is 18.4. The van der Waals surface area contributed by atoms with E-state index in [1.807, 2.05) is 20.1 Å². The molecule has 0 radical (unpaired) electrons. The highest BCUT2D eigenvalue weighted by Gasteiger charge is 2.29. The van der Waals surface area contributed by atoms with Gasteiger partial charge in [0.25, 0.3) is 0 Å². The molecule has 0 unspecified atom stereocenters. The second-order valence-electron chi connectivity index (χ2n) is 6.89. The van der Waals surface area contributed by atoms with Crippen molar-refractivity contribution in [1.82, 2.24) is 16.0 Å². The first-order valence-electron chi connectivity index (χ1n) is 9.02. The maximum atomic E-state index is 12.5. The van der Waals surface area contributed by atoms with E-state index >= 15 is 0 Å². The van der Waals surface area contributed by atoms with E-state index in [0.717, 1.165) is 0 Å². The summed E-state index contributed by atoms with van der Waals surface area (Å²) in [5.41, 5.74) is 5.80. The second kappa shape index (κ2) is 13.7. The fourth-order valence-electron chi connectivity index (χ4n) is 2.20. The van der Waals surface area contributed by atoms with Crippen molar-refractivity contribution < 1.29 is 24.3 Å². The van der Waals surface area contributed by atoms with E-state index in [1.54, 1.807) is 11.8 Å². The lowest BCUT2D eigenvalue weighted by molar-refractivity contribution is -0.141. The van der Waals surface area contributed by atoms with Gasteiger partial charge in [-0.2, -0.15) is 24.4 Å². The van der Waals surface area contributed by atoms with Crippen molar-refractivity contribution in [2.75, 3.05) is 17.8 Å². The summed E-state index contributed by atoms with van der Waals surface area (Å²) < 4.78 is 0. The van der Waals surface area contributed by atoms with Gasteiger partial charge < -0.3 is 26.8 Å². The molecule has 0 rings (SSSR count). The number of carboxylic acids is 1. The highest BCUT2D eigenvalue weighted by atomic mass is 32.2. The molecule has 0 spiro atoms. The first-order valence-corrected chi connectivity index (χ1v) is 11.0. The Kier molecular flexibility index (Phi) is 13.0. The van der Waals surface area contributed by atoms with E-state index in [-0.39, 0.29) is 11.7 Å². The van der Waals surface area contributed by atoms with Crippen molar-refractivity contribution in [3.05, 3.63) is 0 Å². The Hall–Kier alpha value is -1.46. The van der Waals surface area contributed by atoms with Gasteiger partial charge in [-0.15, -0.1) is 0 Å². The molecule has 11 heteroatoms. The number of nitrogens with one attached hydrogen (secondary N) is 3. The monoisotopic (exact) mass is 436 g/mol. The minimum atomic E-state index is -1.18. The van der Waals surface area contributed by atoms with E-state index in [4.69, 9.17) is 10.8 Å². The molecule has 0 aromatic rings. The lowest BCUT2D eigenvalue weighted by Gasteiger charge is -2.25. The first-order chi connectivity index (χ1) is 13.0. The van der Waals surface area contributed by atoms with Gasteiger partial charge in [0, 0.05) is 5.75 Å². The van der Waals surface area contributed by atoms with Crippen LogP contribution in [0.1, 0.15) is 33.6 Å². The van der Waals surface area contributed by atoms with Crippen LogP contribution >= 0.6 is 24.4 Å². The lowest BCUT2D eigenvalue weighted by atomic mass is 10.0. The van der Waals surface area contributed by atoms with E-state index in [9.17, 15) is 19.2 Å². The Labute approximate surface area is 175 Å². The van der Waals surface area contributed by atoms with E-state index in [0.29, 0.717) is 18.6 Å². The van der Waals surface area contributed by atoms with Crippen LogP contribution in [0.25, 0.3) is 0 Å². The number of carbonyl (C=O) groups excluding carboxylic acids is 3. The second-order valence-corrected chi connectivity index (χ2v) is 8.24. The molecular formula is C17H32N4O5S2. The van der Waals surface area contributed by atoms with Gasteiger partial charge in [-0.05, 0) is 37.7 Å². The molecule has 0 saturated carbocycles. The molecule has 162 valence electrons. The van der Waals surface area contributed by atoms with Gasteiger partial charge >= 0.3 is 5.97 Å². The average molecular weight is 437 g/mol. The SMILES string of the molecule is CSCC[C@H](N)C(=O)N[C@@H](CS)C(=O)N[C@@H](CC(C)C)C(=O)N[C@@H](C)C(=O)O. The number of nitrogens with two attached hydrogens (primary N) is 1. The van der Waals surface area contributed by atoms with E-state index in [2.05, 4.69) is 28.6 Å². The summed E-state index contributed by atoms with van der Waals surface area (Å²) in [6.45, 7) is 5.08. The minimum Gasteiger partial charge on any atom is -0.480 e. The molecule has 28 heavy (non-hydrogen) atoms. The zero-order valence-electron chi connectivity index (χ0n) is 16.7. The highest BCUT2D eigenvalue weighted by molar-refractivity contribution is 7.98. The highest BCUT2D eigenvalue weighted by Crippen LogP contribution is 2.07. The Morgan fingerprint density at radius 1 is 1.00 bits per heavy atom. The summed E-state index contributed by atoms with van der Waals surface area (Å²) in [6.07, 6.45) is 2.68. The van der Waals surface area contributed by atoms with Crippen LogP contribution in [0.2, 0.25) is 0 Å². The van der Waals surface area contributed by atoms with E-state index in [1.165, 1.54) is 6.92 Å². The van der Waals surface area contributed by atoms with Gasteiger partial charge in [0.05, 0.1) is 6.04 Å². The topological polar surface area (TPSA) is 151 Å². The summed E-state index contributed by atoms with van der Waals surface area (Å²) in [4.78, 5) is 48.0. The number of hydrogen-bond acceptors (Lipinski definition) is 7. The maximum Gasteiger partial charge on any atom is 0.325 e. The summed E-state index contributed by atoms with van der Waals surface area (Å²) in [7, 11) is 0. The Morgan fingerprint density at radius 3 is 2.00 bits per heavy atom. The van der Waals surface area contributed by atoms with Crippen molar-refractivity contribution in [3.63, 3.8) is 0 Å². The van der Waals surface area contributed by atoms with Crippen LogP contribution in [0.15, 0.2) is 0 Å². The van der Waals surface area contributed by atoms with Crippen molar-refractivity contribution in [3.8, 4) is 0 Å². The van der Waals surface area contributed by atoms with Gasteiger partial charge in [0.1, 0.15) is 18.1 Å². The van der Waals surface area contributed by atoms with E-state index < -0.39 is 47.9 Å². The largest absolute Gasteiger partial charge is 0.480 e. The molecule has 3 amide bonds. The molecule has 0 bridgehead atoms. The third-order valence-electron chi connectivity index (χ3n) is 3.85. The van der Waals surface area contributed by atoms with Crippen molar-refractivity contribution >= 4 is 48.1 Å². The first kappa shape index (κ1) is 26.5. The Balaban J connectivity index is 5.02. The lowest BCUT2D eigenvalue weighted by Crippen LogP contribution is -2.57. The number of carbonyl (C=O) groups is 4. The summed E-state index contributed by atoms with van der Waals surface area (Å²) in [5, 5.41) is 16.4. The number of aliphatic carboxylic acids is 1. The van der Waals surface area contributed by atoms with Crippen molar-refractivity contribution in [2.24, 2.45) is 11.7 Å². The fourth-order valence-corrected chi connectivity index (χ4v) is 2.95. The van der Waals surface area contributed by atoms with Crippen molar-refractivity contribution in [2.45, 2.75) is 57.8 Å². The van der Waals surface area contributed by atoms with Gasteiger partial charge in [-0.25, -0.2) is 0 Å². The van der Waals surface area contributed by atoms with Gasteiger partial charge in [-0.1, -0.05) is 13.8 Å². The van der Waals surface area contributed by atoms with Crippen LogP contribution in [-0.4, -0.2) is 70.7 Å². The average Bonchev–Trinajstić information content (AvgIpc) is 2.62. The molecular weight excluding hydrogens is 404 g/mol. The van der Waals surface area contributed by atoms with Gasteiger partial charge in [-0.3, -0.25) is 19.2 Å². The van der Waals surface area contributed by atoms with Gasteiger partial charge in [0.2, 0.25) is 17.7 Å². The fraction of sp³-hybridized carbons (Fsp3) is 0.765. The quantitative estimate of drug-likeness (QED) is 0.215. The Bertz CT molecular complexity index is 548. The molecule has 0 aliphatic rings. The zero-order chi connectivity index (χ0) is 21.9. The maximum absolute atomic E-state index is 12.5. The predicted molar refractivity (Wildman–Crippen MR) is 113 cm³/mol. The molecule has 0 aromatic carbocycles. The molecule has 6 N–H and O–H groups in total. The number of amides is 3.